The predicted molar refractivity (Wildman–Crippen MR) is 79.6 cm³/mol. The maximum absolute atomic E-state index is 12.3. The second kappa shape index (κ2) is 4.69. The standard InChI is InChI=1S/C16H23NO3/c1-15(2,3)20-14(18)17-10-16(4,5)12-9-11(19-6)7-8-13(12)17/h7-9H,10H2,1-6H3. The van der Waals surface area contributed by atoms with Gasteiger partial charge in [0.2, 0.25) is 0 Å². The summed E-state index contributed by atoms with van der Waals surface area (Å²) in [5.74, 6) is 0.808. The van der Waals surface area contributed by atoms with Gasteiger partial charge < -0.3 is 9.47 Å². The first-order valence-electron chi connectivity index (χ1n) is 6.83. The van der Waals surface area contributed by atoms with Crippen LogP contribution in [0.25, 0.3) is 0 Å². The van der Waals surface area contributed by atoms with E-state index in [1.807, 2.05) is 39.0 Å². The molecule has 110 valence electrons. The molecular weight excluding hydrogens is 254 g/mol. The fourth-order valence-electron chi connectivity index (χ4n) is 2.47. The van der Waals surface area contributed by atoms with Crippen molar-refractivity contribution in [3.05, 3.63) is 23.8 Å². The molecule has 1 heterocycles. The largest absolute Gasteiger partial charge is 0.497 e. The quantitative estimate of drug-likeness (QED) is 0.785. The fourth-order valence-corrected chi connectivity index (χ4v) is 2.47. The van der Waals surface area contributed by atoms with Gasteiger partial charge in [0.25, 0.3) is 0 Å². The molecule has 0 spiro atoms. The van der Waals surface area contributed by atoms with E-state index in [-0.39, 0.29) is 11.5 Å². The molecule has 1 aliphatic rings. The van der Waals surface area contributed by atoms with Crippen LogP contribution in [0.2, 0.25) is 0 Å². The van der Waals surface area contributed by atoms with E-state index in [0.29, 0.717) is 6.54 Å². The van der Waals surface area contributed by atoms with Gasteiger partial charge >= 0.3 is 6.09 Å². The van der Waals surface area contributed by atoms with Gasteiger partial charge in [-0.2, -0.15) is 0 Å². The molecule has 0 aliphatic carbocycles. The van der Waals surface area contributed by atoms with Crippen molar-refractivity contribution in [2.45, 2.75) is 45.6 Å². The van der Waals surface area contributed by atoms with E-state index in [2.05, 4.69) is 13.8 Å². The molecule has 2 rings (SSSR count). The highest BCUT2D eigenvalue weighted by Gasteiger charge is 2.39. The Kier molecular flexibility index (Phi) is 3.44. The molecule has 1 aromatic rings. The average molecular weight is 277 g/mol. The Morgan fingerprint density at radius 2 is 1.95 bits per heavy atom. The molecule has 0 atom stereocenters. The van der Waals surface area contributed by atoms with Crippen LogP contribution in [-0.2, 0) is 10.2 Å². The Morgan fingerprint density at radius 3 is 2.50 bits per heavy atom. The van der Waals surface area contributed by atoms with E-state index < -0.39 is 5.60 Å². The number of ether oxygens (including phenoxy) is 2. The van der Waals surface area contributed by atoms with Gasteiger partial charge in [0.15, 0.2) is 0 Å². The van der Waals surface area contributed by atoms with Gasteiger partial charge in [-0.05, 0) is 44.5 Å². The number of amides is 1. The number of anilines is 1. The molecule has 0 radical (unpaired) electrons. The van der Waals surface area contributed by atoms with Crippen LogP contribution in [0.4, 0.5) is 10.5 Å². The summed E-state index contributed by atoms with van der Waals surface area (Å²) in [4.78, 5) is 14.0. The van der Waals surface area contributed by atoms with Crippen molar-refractivity contribution in [1.29, 1.82) is 0 Å². The van der Waals surface area contributed by atoms with E-state index in [9.17, 15) is 4.79 Å². The highest BCUT2D eigenvalue weighted by Crippen LogP contribution is 2.42. The summed E-state index contributed by atoms with van der Waals surface area (Å²) in [6.45, 7) is 10.5. The summed E-state index contributed by atoms with van der Waals surface area (Å²) < 4.78 is 10.8. The maximum atomic E-state index is 12.3. The Bertz CT molecular complexity index is 529. The van der Waals surface area contributed by atoms with Gasteiger partial charge in [0.1, 0.15) is 11.4 Å². The molecule has 1 amide bonds. The van der Waals surface area contributed by atoms with Crippen molar-refractivity contribution in [2.75, 3.05) is 18.6 Å². The minimum absolute atomic E-state index is 0.110. The normalized spacial score (nSPS) is 16.8. The van der Waals surface area contributed by atoms with Crippen molar-refractivity contribution in [3.8, 4) is 5.75 Å². The third-order valence-electron chi connectivity index (χ3n) is 3.39. The lowest BCUT2D eigenvalue weighted by Crippen LogP contribution is -2.38. The lowest BCUT2D eigenvalue weighted by molar-refractivity contribution is 0.0579. The molecule has 0 bridgehead atoms. The second-order valence-electron chi connectivity index (χ2n) is 6.83. The first-order valence-corrected chi connectivity index (χ1v) is 6.83. The topological polar surface area (TPSA) is 38.8 Å². The van der Waals surface area contributed by atoms with Crippen LogP contribution in [-0.4, -0.2) is 25.3 Å². The number of benzene rings is 1. The van der Waals surface area contributed by atoms with Gasteiger partial charge in [-0.25, -0.2) is 4.79 Å². The number of fused-ring (bicyclic) bond motifs is 1. The van der Waals surface area contributed by atoms with Crippen LogP contribution in [0.15, 0.2) is 18.2 Å². The highest BCUT2D eigenvalue weighted by molar-refractivity contribution is 5.91. The number of nitrogens with zero attached hydrogens (tertiary/aromatic N) is 1. The van der Waals surface area contributed by atoms with Gasteiger partial charge in [0.05, 0.1) is 12.8 Å². The Labute approximate surface area is 120 Å². The summed E-state index contributed by atoms with van der Waals surface area (Å²) in [7, 11) is 1.65. The van der Waals surface area contributed by atoms with Crippen LogP contribution in [0.5, 0.6) is 5.75 Å². The van der Waals surface area contributed by atoms with Crippen LogP contribution >= 0.6 is 0 Å². The zero-order valence-electron chi connectivity index (χ0n) is 13.1. The fraction of sp³-hybridized carbons (Fsp3) is 0.562. The molecule has 0 saturated carbocycles. The summed E-state index contributed by atoms with van der Waals surface area (Å²) in [5.41, 5.74) is 1.42. The van der Waals surface area contributed by atoms with Crippen LogP contribution in [0.3, 0.4) is 0 Å². The first-order chi connectivity index (χ1) is 9.14. The van der Waals surface area contributed by atoms with E-state index in [0.717, 1.165) is 17.0 Å². The molecule has 0 saturated heterocycles. The Morgan fingerprint density at radius 1 is 1.30 bits per heavy atom. The zero-order valence-corrected chi connectivity index (χ0v) is 13.1. The molecule has 0 fully saturated rings. The predicted octanol–water partition coefficient (Wildman–Crippen LogP) is 3.73. The number of carbonyl (C=O) groups excluding carboxylic acids is 1. The minimum Gasteiger partial charge on any atom is -0.497 e. The van der Waals surface area contributed by atoms with E-state index in [1.54, 1.807) is 12.0 Å². The van der Waals surface area contributed by atoms with Gasteiger partial charge in [-0.15, -0.1) is 0 Å². The lowest BCUT2D eigenvalue weighted by Gasteiger charge is -2.25. The van der Waals surface area contributed by atoms with Crippen molar-refractivity contribution < 1.29 is 14.3 Å². The molecule has 0 unspecified atom stereocenters. The van der Waals surface area contributed by atoms with E-state index in [4.69, 9.17) is 9.47 Å². The van der Waals surface area contributed by atoms with Gasteiger partial charge in [0, 0.05) is 12.0 Å². The van der Waals surface area contributed by atoms with Crippen LogP contribution in [0.1, 0.15) is 40.2 Å². The number of rotatable bonds is 1. The minimum atomic E-state index is -0.490. The van der Waals surface area contributed by atoms with Crippen molar-refractivity contribution in [2.24, 2.45) is 0 Å². The molecule has 4 heteroatoms. The molecule has 4 nitrogen and oxygen atoms in total. The molecule has 0 N–H and O–H groups in total. The second-order valence-corrected chi connectivity index (χ2v) is 6.83. The highest BCUT2D eigenvalue weighted by atomic mass is 16.6. The number of carbonyl (C=O) groups is 1. The Hall–Kier alpha value is -1.71. The van der Waals surface area contributed by atoms with Crippen LogP contribution in [0, 0.1) is 0 Å². The summed E-state index contributed by atoms with van der Waals surface area (Å²) >= 11 is 0. The monoisotopic (exact) mass is 277 g/mol. The van der Waals surface area contributed by atoms with E-state index >= 15 is 0 Å². The molecular formula is C16H23NO3. The molecule has 20 heavy (non-hydrogen) atoms. The number of hydrogen-bond donors (Lipinski definition) is 0. The third kappa shape index (κ3) is 2.74. The number of methoxy groups -OCH3 is 1. The SMILES string of the molecule is COc1ccc2c(c1)C(C)(C)CN2C(=O)OC(C)(C)C. The van der Waals surface area contributed by atoms with Crippen molar-refractivity contribution >= 4 is 11.8 Å². The smallest absolute Gasteiger partial charge is 0.414 e. The third-order valence-corrected chi connectivity index (χ3v) is 3.39. The van der Waals surface area contributed by atoms with Crippen molar-refractivity contribution in [1.82, 2.24) is 0 Å². The van der Waals surface area contributed by atoms with Crippen molar-refractivity contribution in [3.63, 3.8) is 0 Å². The van der Waals surface area contributed by atoms with Crippen LogP contribution < -0.4 is 9.64 Å². The maximum Gasteiger partial charge on any atom is 0.414 e. The lowest BCUT2D eigenvalue weighted by atomic mass is 9.87. The molecule has 0 aromatic heterocycles. The van der Waals surface area contributed by atoms with Gasteiger partial charge in [-0.3, -0.25) is 4.90 Å². The average Bonchev–Trinajstić information content (AvgIpc) is 2.59. The number of hydrogen-bond acceptors (Lipinski definition) is 3. The van der Waals surface area contributed by atoms with Gasteiger partial charge in [-0.1, -0.05) is 13.8 Å². The molecule has 1 aliphatic heterocycles. The van der Waals surface area contributed by atoms with E-state index in [1.165, 1.54) is 0 Å². The summed E-state index contributed by atoms with van der Waals surface area (Å²) in [6.07, 6.45) is -0.297. The Balaban J connectivity index is 2.36. The zero-order chi connectivity index (χ0) is 15.1. The first kappa shape index (κ1) is 14.7. The molecule has 1 aromatic carbocycles. The summed E-state index contributed by atoms with van der Waals surface area (Å²) in [6, 6.07) is 5.80. The summed E-state index contributed by atoms with van der Waals surface area (Å²) in [5, 5.41) is 0.